The maximum atomic E-state index is 5.79. The molecule has 0 bridgehead atoms. The highest BCUT2D eigenvalue weighted by atomic mass is 16.5. The van der Waals surface area contributed by atoms with Crippen LogP contribution in [-0.4, -0.2) is 19.4 Å². The smallest absolute Gasteiger partial charge is 0.128 e. The molecule has 0 fully saturated rings. The monoisotopic (exact) mass is 334 g/mol. The van der Waals surface area contributed by atoms with Crippen molar-refractivity contribution in [2.75, 3.05) is 18.6 Å². The van der Waals surface area contributed by atoms with Gasteiger partial charge in [-0.1, -0.05) is 30.3 Å². The fourth-order valence-corrected chi connectivity index (χ4v) is 2.66. The van der Waals surface area contributed by atoms with E-state index in [0.29, 0.717) is 13.2 Å². The Balaban J connectivity index is 1.99. The molecule has 0 spiro atoms. The van der Waals surface area contributed by atoms with E-state index in [9.17, 15) is 0 Å². The van der Waals surface area contributed by atoms with Gasteiger partial charge in [0, 0.05) is 5.56 Å². The maximum absolute atomic E-state index is 5.79. The molecule has 0 aliphatic carbocycles. The zero-order valence-corrected chi connectivity index (χ0v) is 14.5. The number of para-hydroxylation sites is 1. The summed E-state index contributed by atoms with van der Waals surface area (Å²) in [5.41, 5.74) is 4.92. The third kappa shape index (κ3) is 4.10. The van der Waals surface area contributed by atoms with Gasteiger partial charge in [-0.05, 0) is 55.0 Å². The molecule has 128 valence electrons. The van der Waals surface area contributed by atoms with Crippen LogP contribution >= 0.6 is 0 Å². The van der Waals surface area contributed by atoms with Gasteiger partial charge < -0.3 is 9.47 Å². The molecule has 0 radical (unpaired) electrons. The fourth-order valence-electron chi connectivity index (χ4n) is 2.66. The van der Waals surface area contributed by atoms with Crippen LogP contribution in [0.3, 0.4) is 0 Å². The molecule has 0 saturated carbocycles. The molecule has 4 nitrogen and oxygen atoms in total. The van der Waals surface area contributed by atoms with E-state index in [2.05, 4.69) is 22.7 Å². The molecule has 0 heterocycles. The van der Waals surface area contributed by atoms with Crippen molar-refractivity contribution in [3.63, 3.8) is 0 Å². The normalized spacial score (nSPS) is 11.0. The van der Waals surface area contributed by atoms with Crippen molar-refractivity contribution in [2.24, 2.45) is 5.10 Å². The first-order valence-corrected chi connectivity index (χ1v) is 8.48. The Morgan fingerprint density at radius 3 is 2.44 bits per heavy atom. The second-order valence-electron chi connectivity index (χ2n) is 5.46. The first kappa shape index (κ1) is 16.8. The highest BCUT2D eigenvalue weighted by Crippen LogP contribution is 2.30. The van der Waals surface area contributed by atoms with Crippen molar-refractivity contribution >= 4 is 22.7 Å². The highest BCUT2D eigenvalue weighted by molar-refractivity contribution is 6.03. The lowest BCUT2D eigenvalue weighted by Crippen LogP contribution is -1.99. The van der Waals surface area contributed by atoms with E-state index in [-0.39, 0.29) is 0 Å². The number of ether oxygens (including phenoxy) is 2. The molecule has 0 aliphatic heterocycles. The van der Waals surface area contributed by atoms with Crippen molar-refractivity contribution < 1.29 is 9.47 Å². The number of hydrogen-bond donors (Lipinski definition) is 1. The third-order valence-electron chi connectivity index (χ3n) is 3.77. The summed E-state index contributed by atoms with van der Waals surface area (Å²) < 4.78 is 11.4. The average Bonchev–Trinajstić information content (AvgIpc) is 2.64. The van der Waals surface area contributed by atoms with Gasteiger partial charge in [0.05, 0.1) is 25.1 Å². The van der Waals surface area contributed by atoms with E-state index in [4.69, 9.17) is 9.47 Å². The summed E-state index contributed by atoms with van der Waals surface area (Å²) in [6, 6.07) is 20.0. The van der Waals surface area contributed by atoms with Crippen LogP contribution in [0.2, 0.25) is 0 Å². The lowest BCUT2D eigenvalue weighted by molar-refractivity contribution is 0.339. The predicted molar refractivity (Wildman–Crippen MR) is 104 cm³/mol. The number of hydrazone groups is 1. The van der Waals surface area contributed by atoms with Gasteiger partial charge in [-0.25, -0.2) is 0 Å². The number of fused-ring (bicyclic) bond motifs is 1. The van der Waals surface area contributed by atoms with Crippen molar-refractivity contribution in [2.45, 2.75) is 13.8 Å². The second kappa shape index (κ2) is 8.20. The maximum Gasteiger partial charge on any atom is 0.128 e. The van der Waals surface area contributed by atoms with Gasteiger partial charge in [0.15, 0.2) is 0 Å². The largest absolute Gasteiger partial charge is 0.494 e. The Hall–Kier alpha value is -3.01. The Morgan fingerprint density at radius 2 is 1.68 bits per heavy atom. The quantitative estimate of drug-likeness (QED) is 0.484. The second-order valence-corrected chi connectivity index (χ2v) is 5.46. The van der Waals surface area contributed by atoms with Crippen molar-refractivity contribution in [3.05, 3.63) is 66.2 Å². The molecule has 0 unspecified atom stereocenters. The van der Waals surface area contributed by atoms with E-state index >= 15 is 0 Å². The molecule has 0 saturated heterocycles. The Labute approximate surface area is 148 Å². The standard InChI is InChI=1S/C21H22N2O2/c1-3-24-18-12-10-16-11-13-21(25-4-2)20(19(16)14-18)15-22-23-17-8-6-5-7-9-17/h5-15,23H,3-4H2,1-2H3/b22-15+. The summed E-state index contributed by atoms with van der Waals surface area (Å²) >= 11 is 0. The number of nitrogens with zero attached hydrogens (tertiary/aromatic N) is 1. The van der Waals surface area contributed by atoms with Crippen LogP contribution in [0, 0.1) is 0 Å². The summed E-state index contributed by atoms with van der Waals surface area (Å²) in [6.07, 6.45) is 1.80. The summed E-state index contributed by atoms with van der Waals surface area (Å²) in [5.74, 6) is 1.65. The van der Waals surface area contributed by atoms with Crippen LogP contribution in [0.1, 0.15) is 19.4 Å². The number of benzene rings is 3. The van der Waals surface area contributed by atoms with Crippen molar-refractivity contribution in [1.82, 2.24) is 0 Å². The van der Waals surface area contributed by atoms with Crippen molar-refractivity contribution in [1.29, 1.82) is 0 Å². The first-order chi connectivity index (χ1) is 12.3. The van der Waals surface area contributed by atoms with Gasteiger partial charge in [-0.3, -0.25) is 5.43 Å². The molecule has 3 rings (SSSR count). The van der Waals surface area contributed by atoms with Crippen LogP contribution in [0.4, 0.5) is 5.69 Å². The van der Waals surface area contributed by atoms with E-state index in [1.807, 2.05) is 62.4 Å². The lowest BCUT2D eigenvalue weighted by atomic mass is 10.0. The van der Waals surface area contributed by atoms with E-state index in [1.165, 1.54) is 0 Å². The third-order valence-corrected chi connectivity index (χ3v) is 3.77. The van der Waals surface area contributed by atoms with Crippen LogP contribution in [0.5, 0.6) is 11.5 Å². The molecular formula is C21H22N2O2. The van der Waals surface area contributed by atoms with Gasteiger partial charge >= 0.3 is 0 Å². The van der Waals surface area contributed by atoms with E-state index in [1.54, 1.807) is 6.21 Å². The van der Waals surface area contributed by atoms with Gasteiger partial charge in [-0.15, -0.1) is 0 Å². The zero-order valence-electron chi connectivity index (χ0n) is 14.5. The van der Waals surface area contributed by atoms with Crippen molar-refractivity contribution in [3.8, 4) is 11.5 Å². The summed E-state index contributed by atoms with van der Waals surface area (Å²) in [4.78, 5) is 0. The summed E-state index contributed by atoms with van der Waals surface area (Å²) in [7, 11) is 0. The van der Waals surface area contributed by atoms with Gasteiger partial charge in [-0.2, -0.15) is 5.10 Å². The topological polar surface area (TPSA) is 42.9 Å². The van der Waals surface area contributed by atoms with Crippen LogP contribution in [0.15, 0.2) is 65.8 Å². The Kier molecular flexibility index (Phi) is 5.52. The van der Waals surface area contributed by atoms with Gasteiger partial charge in [0.25, 0.3) is 0 Å². The van der Waals surface area contributed by atoms with E-state index < -0.39 is 0 Å². The molecule has 1 N–H and O–H groups in total. The summed E-state index contributed by atoms with van der Waals surface area (Å²) in [6.45, 7) is 5.19. The molecule has 25 heavy (non-hydrogen) atoms. The minimum absolute atomic E-state index is 0.601. The van der Waals surface area contributed by atoms with Gasteiger partial charge in [0.2, 0.25) is 0 Å². The first-order valence-electron chi connectivity index (χ1n) is 8.48. The number of anilines is 1. The summed E-state index contributed by atoms with van der Waals surface area (Å²) in [5, 5.41) is 6.55. The molecule has 0 aromatic heterocycles. The lowest BCUT2D eigenvalue weighted by Gasteiger charge is -2.12. The van der Waals surface area contributed by atoms with Crippen LogP contribution in [0.25, 0.3) is 10.8 Å². The molecule has 0 amide bonds. The molecule has 0 atom stereocenters. The van der Waals surface area contributed by atoms with E-state index in [0.717, 1.165) is 33.5 Å². The molecular weight excluding hydrogens is 312 g/mol. The van der Waals surface area contributed by atoms with Crippen LogP contribution in [-0.2, 0) is 0 Å². The number of hydrogen-bond acceptors (Lipinski definition) is 4. The zero-order chi connectivity index (χ0) is 17.5. The van der Waals surface area contributed by atoms with Gasteiger partial charge in [0.1, 0.15) is 11.5 Å². The Bertz CT molecular complexity index is 855. The molecule has 0 aliphatic rings. The SMILES string of the molecule is CCOc1ccc2ccc(OCC)c(/C=N/Nc3ccccc3)c2c1. The molecule has 3 aromatic carbocycles. The Morgan fingerprint density at radius 1 is 0.920 bits per heavy atom. The molecule has 4 heteroatoms. The highest BCUT2D eigenvalue weighted by Gasteiger charge is 2.08. The number of rotatable bonds is 7. The van der Waals surface area contributed by atoms with Crippen LogP contribution < -0.4 is 14.9 Å². The fraction of sp³-hybridized carbons (Fsp3) is 0.190. The average molecular weight is 334 g/mol. The molecule has 3 aromatic rings. The predicted octanol–water partition coefficient (Wildman–Crippen LogP) is 5.08. The minimum atomic E-state index is 0.601. The number of nitrogens with one attached hydrogen (secondary N) is 1. The minimum Gasteiger partial charge on any atom is -0.494 e.